The second-order valence-corrected chi connectivity index (χ2v) is 8.06. The molecule has 5 heteroatoms. The number of ether oxygens (including phenoxy) is 1. The van der Waals surface area contributed by atoms with E-state index in [1.54, 1.807) is 7.11 Å². The normalized spacial score (nSPS) is 23.9. The van der Waals surface area contributed by atoms with Gasteiger partial charge in [0.05, 0.1) is 5.92 Å². The maximum Gasteiger partial charge on any atom is 0.227 e. The molecule has 0 aromatic rings. The molecule has 2 rings (SSSR count). The van der Waals surface area contributed by atoms with E-state index in [9.17, 15) is 9.59 Å². The molecule has 0 radical (unpaired) electrons. The minimum atomic E-state index is -0.372. The van der Waals surface area contributed by atoms with Crippen LogP contribution in [0.15, 0.2) is 0 Å². The van der Waals surface area contributed by atoms with E-state index in [1.807, 2.05) is 30.6 Å². The molecule has 2 fully saturated rings. The summed E-state index contributed by atoms with van der Waals surface area (Å²) in [7, 11) is 1.74. The predicted molar refractivity (Wildman–Crippen MR) is 89.9 cm³/mol. The number of piperidine rings is 2. The molecule has 0 saturated carbocycles. The van der Waals surface area contributed by atoms with Crippen LogP contribution in [0, 0.1) is 17.3 Å². The van der Waals surface area contributed by atoms with Gasteiger partial charge in [0, 0.05) is 45.3 Å². The van der Waals surface area contributed by atoms with Gasteiger partial charge < -0.3 is 14.5 Å². The van der Waals surface area contributed by atoms with Gasteiger partial charge >= 0.3 is 0 Å². The zero-order valence-corrected chi connectivity index (χ0v) is 15.1. The van der Waals surface area contributed by atoms with Crippen molar-refractivity contribution in [1.82, 2.24) is 9.80 Å². The molecule has 1 unspecified atom stereocenters. The summed E-state index contributed by atoms with van der Waals surface area (Å²) in [6, 6.07) is 0. The summed E-state index contributed by atoms with van der Waals surface area (Å²) < 4.78 is 5.22. The Balaban J connectivity index is 1.89. The van der Waals surface area contributed by atoms with E-state index >= 15 is 0 Å². The molecule has 2 heterocycles. The SMILES string of the molecule is COCC1CCN(C(=O)C2CCCN(C(=O)C(C)(C)C)C2)CC1. The van der Waals surface area contributed by atoms with E-state index in [1.165, 1.54) is 0 Å². The summed E-state index contributed by atoms with van der Waals surface area (Å²) in [5.41, 5.74) is -0.372. The Bertz CT molecular complexity index is 422. The Morgan fingerprint density at radius 2 is 1.70 bits per heavy atom. The highest BCUT2D eigenvalue weighted by molar-refractivity contribution is 5.84. The van der Waals surface area contributed by atoms with Crippen molar-refractivity contribution in [3.8, 4) is 0 Å². The van der Waals surface area contributed by atoms with Crippen LogP contribution in [0.5, 0.6) is 0 Å². The van der Waals surface area contributed by atoms with Crippen LogP contribution in [0.2, 0.25) is 0 Å². The molecule has 0 bridgehead atoms. The van der Waals surface area contributed by atoms with Crippen molar-refractivity contribution in [2.75, 3.05) is 39.9 Å². The average Bonchev–Trinajstić information content (AvgIpc) is 2.54. The molecule has 1 atom stereocenters. The zero-order valence-electron chi connectivity index (χ0n) is 15.1. The fraction of sp³-hybridized carbons (Fsp3) is 0.889. The molecular formula is C18H32N2O3. The summed E-state index contributed by atoms with van der Waals surface area (Å²) in [4.78, 5) is 29.2. The fourth-order valence-electron chi connectivity index (χ4n) is 3.65. The van der Waals surface area contributed by atoms with Crippen LogP contribution in [0.4, 0.5) is 0 Å². The Hall–Kier alpha value is -1.10. The number of hydrogen-bond acceptors (Lipinski definition) is 3. The maximum atomic E-state index is 12.8. The largest absolute Gasteiger partial charge is 0.384 e. The van der Waals surface area contributed by atoms with E-state index in [-0.39, 0.29) is 23.1 Å². The van der Waals surface area contributed by atoms with E-state index in [0.29, 0.717) is 12.5 Å². The number of methoxy groups -OCH3 is 1. The molecule has 5 nitrogen and oxygen atoms in total. The van der Waals surface area contributed by atoms with E-state index in [2.05, 4.69) is 0 Å². The number of rotatable bonds is 3. The van der Waals surface area contributed by atoms with Crippen molar-refractivity contribution < 1.29 is 14.3 Å². The van der Waals surface area contributed by atoms with Crippen molar-refractivity contribution in [2.45, 2.75) is 46.5 Å². The highest BCUT2D eigenvalue weighted by Gasteiger charge is 2.35. The standard InChI is InChI=1S/C18H32N2O3/c1-18(2,3)17(22)20-9-5-6-15(12-20)16(21)19-10-7-14(8-11-19)13-23-4/h14-15H,5-13H2,1-4H3. The first kappa shape index (κ1) is 18.2. The number of likely N-dealkylation sites (tertiary alicyclic amines) is 2. The predicted octanol–water partition coefficient (Wildman–Crippen LogP) is 2.16. The number of carbonyl (C=O) groups is 2. The third-order valence-electron chi connectivity index (χ3n) is 5.03. The van der Waals surface area contributed by atoms with Crippen LogP contribution in [-0.2, 0) is 14.3 Å². The fourth-order valence-corrected chi connectivity index (χ4v) is 3.65. The molecule has 2 aliphatic heterocycles. The smallest absolute Gasteiger partial charge is 0.227 e. The van der Waals surface area contributed by atoms with Gasteiger partial charge in [-0.25, -0.2) is 0 Å². The number of amides is 2. The molecule has 2 amide bonds. The van der Waals surface area contributed by atoms with Crippen molar-refractivity contribution in [3.63, 3.8) is 0 Å². The van der Waals surface area contributed by atoms with Crippen molar-refractivity contribution in [2.24, 2.45) is 17.3 Å². The summed E-state index contributed by atoms with van der Waals surface area (Å²) in [5.74, 6) is 0.962. The van der Waals surface area contributed by atoms with Gasteiger partial charge in [-0.2, -0.15) is 0 Å². The number of hydrogen-bond donors (Lipinski definition) is 0. The van der Waals surface area contributed by atoms with Gasteiger partial charge in [0.25, 0.3) is 0 Å². The lowest BCUT2D eigenvalue weighted by Gasteiger charge is -2.39. The van der Waals surface area contributed by atoms with Crippen molar-refractivity contribution >= 4 is 11.8 Å². The molecule has 23 heavy (non-hydrogen) atoms. The number of nitrogens with zero attached hydrogens (tertiary/aromatic N) is 2. The van der Waals surface area contributed by atoms with Crippen LogP contribution < -0.4 is 0 Å². The van der Waals surface area contributed by atoms with Gasteiger partial charge in [0.2, 0.25) is 11.8 Å². The van der Waals surface area contributed by atoms with Gasteiger partial charge in [0.15, 0.2) is 0 Å². The molecule has 0 N–H and O–H groups in total. The first-order chi connectivity index (χ1) is 10.8. The quantitative estimate of drug-likeness (QED) is 0.799. The highest BCUT2D eigenvalue weighted by atomic mass is 16.5. The third-order valence-corrected chi connectivity index (χ3v) is 5.03. The van der Waals surface area contributed by atoms with Gasteiger partial charge in [-0.05, 0) is 31.6 Å². The molecule has 0 aromatic carbocycles. The monoisotopic (exact) mass is 324 g/mol. The number of carbonyl (C=O) groups excluding carboxylic acids is 2. The van der Waals surface area contributed by atoms with Crippen LogP contribution >= 0.6 is 0 Å². The zero-order chi connectivity index (χ0) is 17.0. The second kappa shape index (κ2) is 7.65. The van der Waals surface area contributed by atoms with Crippen LogP contribution in [0.1, 0.15) is 46.5 Å². The highest BCUT2D eigenvalue weighted by Crippen LogP contribution is 2.26. The third kappa shape index (κ3) is 4.69. The summed E-state index contributed by atoms with van der Waals surface area (Å²) in [6.45, 7) is 9.67. The summed E-state index contributed by atoms with van der Waals surface area (Å²) in [6.07, 6.45) is 3.89. The minimum Gasteiger partial charge on any atom is -0.384 e. The average molecular weight is 324 g/mol. The van der Waals surface area contributed by atoms with Crippen LogP contribution in [0.25, 0.3) is 0 Å². The van der Waals surface area contributed by atoms with Crippen LogP contribution in [-0.4, -0.2) is 61.5 Å². The maximum absolute atomic E-state index is 12.8. The molecule has 0 aromatic heterocycles. The van der Waals surface area contributed by atoms with E-state index in [0.717, 1.165) is 51.9 Å². The van der Waals surface area contributed by atoms with Crippen molar-refractivity contribution in [3.05, 3.63) is 0 Å². The lowest BCUT2D eigenvalue weighted by Crippen LogP contribution is -2.50. The van der Waals surface area contributed by atoms with E-state index in [4.69, 9.17) is 4.74 Å². The lowest BCUT2D eigenvalue weighted by atomic mass is 9.90. The van der Waals surface area contributed by atoms with Gasteiger partial charge in [-0.1, -0.05) is 20.8 Å². The van der Waals surface area contributed by atoms with Crippen molar-refractivity contribution in [1.29, 1.82) is 0 Å². The van der Waals surface area contributed by atoms with Gasteiger partial charge in [-0.3, -0.25) is 9.59 Å². The van der Waals surface area contributed by atoms with Crippen LogP contribution in [0.3, 0.4) is 0 Å². The molecule has 2 aliphatic rings. The molecular weight excluding hydrogens is 292 g/mol. The first-order valence-corrected chi connectivity index (χ1v) is 8.90. The molecule has 132 valence electrons. The Morgan fingerprint density at radius 1 is 1.04 bits per heavy atom. The topological polar surface area (TPSA) is 49.9 Å². The summed E-state index contributed by atoms with van der Waals surface area (Å²) in [5, 5.41) is 0. The Kier molecular flexibility index (Phi) is 6.06. The minimum absolute atomic E-state index is 0.0194. The second-order valence-electron chi connectivity index (χ2n) is 8.06. The first-order valence-electron chi connectivity index (χ1n) is 8.90. The molecule has 2 saturated heterocycles. The van der Waals surface area contributed by atoms with E-state index < -0.39 is 0 Å². The summed E-state index contributed by atoms with van der Waals surface area (Å²) >= 11 is 0. The van der Waals surface area contributed by atoms with Gasteiger partial charge in [0.1, 0.15) is 0 Å². The molecule has 0 spiro atoms. The molecule has 0 aliphatic carbocycles. The van der Waals surface area contributed by atoms with Gasteiger partial charge in [-0.15, -0.1) is 0 Å². The lowest BCUT2D eigenvalue weighted by molar-refractivity contribution is -0.146. The Morgan fingerprint density at radius 3 is 2.26 bits per heavy atom. The Labute approximate surface area is 140 Å².